The predicted octanol–water partition coefficient (Wildman–Crippen LogP) is 3.85. The number of carbonyl (C=O) groups excluding carboxylic acids is 1. The van der Waals surface area contributed by atoms with Crippen molar-refractivity contribution in [3.8, 4) is 0 Å². The highest BCUT2D eigenvalue weighted by Gasteiger charge is 2.15. The Balaban J connectivity index is 1.97. The first-order chi connectivity index (χ1) is 9.90. The van der Waals surface area contributed by atoms with Gasteiger partial charge in [-0.15, -0.1) is 10.2 Å². The van der Waals surface area contributed by atoms with Gasteiger partial charge in [-0.1, -0.05) is 68.1 Å². The molecule has 2 rings (SSSR count). The van der Waals surface area contributed by atoms with Gasteiger partial charge < -0.3 is 5.32 Å². The number of aromatic nitrogens is 2. The van der Waals surface area contributed by atoms with Crippen LogP contribution in [-0.4, -0.2) is 28.8 Å². The molecule has 0 unspecified atom stereocenters. The van der Waals surface area contributed by atoms with Crippen LogP contribution in [0.4, 0.5) is 5.13 Å². The van der Waals surface area contributed by atoms with Crippen molar-refractivity contribution in [3.63, 3.8) is 0 Å². The van der Waals surface area contributed by atoms with E-state index in [4.69, 9.17) is 0 Å². The van der Waals surface area contributed by atoms with E-state index in [1.54, 1.807) is 7.05 Å². The summed E-state index contributed by atoms with van der Waals surface area (Å²) in [5.74, 6) is 0.495. The lowest BCUT2D eigenvalue weighted by molar-refractivity contribution is 0.102. The molecule has 21 heavy (non-hydrogen) atoms. The van der Waals surface area contributed by atoms with Crippen LogP contribution in [0.1, 0.15) is 36.7 Å². The Morgan fingerprint density at radius 2 is 1.90 bits per heavy atom. The summed E-state index contributed by atoms with van der Waals surface area (Å²) in [6.45, 7) is 6.48. The molecule has 1 aromatic heterocycles. The zero-order chi connectivity index (χ0) is 15.5. The monoisotopic (exact) mass is 321 g/mol. The van der Waals surface area contributed by atoms with E-state index < -0.39 is 0 Å². The minimum Gasteiger partial charge on any atom is -0.363 e. The first-order valence-corrected chi connectivity index (χ1v) is 8.48. The Morgan fingerprint density at radius 1 is 1.24 bits per heavy atom. The maximum Gasteiger partial charge on any atom is 0.206 e. The molecule has 0 saturated heterocycles. The molecule has 0 aliphatic rings. The normalized spacial score (nSPS) is 11.4. The molecule has 4 nitrogen and oxygen atoms in total. The highest BCUT2D eigenvalue weighted by Crippen LogP contribution is 2.26. The van der Waals surface area contributed by atoms with Crippen molar-refractivity contribution < 1.29 is 4.79 Å². The molecule has 1 aromatic carbocycles. The second-order valence-electron chi connectivity index (χ2n) is 5.66. The molecule has 2 aromatic rings. The first kappa shape index (κ1) is 16.0. The zero-order valence-electron chi connectivity index (χ0n) is 12.6. The van der Waals surface area contributed by atoms with Crippen LogP contribution in [0.5, 0.6) is 0 Å². The maximum atomic E-state index is 12.2. The average molecular weight is 321 g/mol. The minimum absolute atomic E-state index is 0.104. The lowest BCUT2D eigenvalue weighted by Crippen LogP contribution is -2.11. The molecule has 0 fully saturated rings. The van der Waals surface area contributed by atoms with Crippen LogP contribution in [0, 0.1) is 0 Å². The Bertz CT molecular complexity index is 615. The van der Waals surface area contributed by atoms with Crippen molar-refractivity contribution in [1.29, 1.82) is 0 Å². The van der Waals surface area contributed by atoms with Gasteiger partial charge in [0.05, 0.1) is 5.75 Å². The molecule has 0 amide bonds. The lowest BCUT2D eigenvalue weighted by atomic mass is 9.86. The molecule has 1 heterocycles. The van der Waals surface area contributed by atoms with Crippen molar-refractivity contribution in [3.05, 3.63) is 35.4 Å². The van der Waals surface area contributed by atoms with E-state index >= 15 is 0 Å². The first-order valence-electron chi connectivity index (χ1n) is 6.68. The molecule has 1 N–H and O–H groups in total. The number of rotatable bonds is 5. The van der Waals surface area contributed by atoms with Gasteiger partial charge in [0.25, 0.3) is 0 Å². The molecule has 0 radical (unpaired) electrons. The van der Waals surface area contributed by atoms with Crippen LogP contribution < -0.4 is 5.32 Å². The Morgan fingerprint density at radius 3 is 2.43 bits per heavy atom. The molecule has 0 aliphatic heterocycles. The third-order valence-electron chi connectivity index (χ3n) is 3.02. The van der Waals surface area contributed by atoms with Gasteiger partial charge in [0.2, 0.25) is 5.13 Å². The van der Waals surface area contributed by atoms with Gasteiger partial charge in [0, 0.05) is 12.6 Å². The predicted molar refractivity (Wildman–Crippen MR) is 89.7 cm³/mol. The van der Waals surface area contributed by atoms with E-state index in [2.05, 4.69) is 36.3 Å². The van der Waals surface area contributed by atoms with Crippen LogP contribution in [0.3, 0.4) is 0 Å². The van der Waals surface area contributed by atoms with E-state index in [1.165, 1.54) is 28.7 Å². The molecule has 112 valence electrons. The molecule has 0 saturated carbocycles. The summed E-state index contributed by atoms with van der Waals surface area (Å²) >= 11 is 2.88. The number of hydrogen-bond donors (Lipinski definition) is 1. The van der Waals surface area contributed by atoms with Crippen LogP contribution >= 0.6 is 23.1 Å². The maximum absolute atomic E-state index is 12.2. The average Bonchev–Trinajstić information content (AvgIpc) is 2.92. The SMILES string of the molecule is CNc1nnc(SCC(=O)c2ccc(C(C)(C)C)cc2)s1. The standard InChI is InChI=1S/C15H19N3OS2/c1-15(2,3)11-7-5-10(6-8-11)12(19)9-20-14-18-17-13(16-4)21-14/h5-8H,9H2,1-4H3,(H,16,17). The van der Waals surface area contributed by atoms with Crippen LogP contribution in [0.2, 0.25) is 0 Å². The molecule has 0 spiro atoms. The van der Waals surface area contributed by atoms with Gasteiger partial charge >= 0.3 is 0 Å². The summed E-state index contributed by atoms with van der Waals surface area (Å²) in [6.07, 6.45) is 0. The van der Waals surface area contributed by atoms with E-state index in [9.17, 15) is 4.79 Å². The molecular formula is C15H19N3OS2. The number of benzene rings is 1. The summed E-state index contributed by atoms with van der Waals surface area (Å²) in [5.41, 5.74) is 2.08. The van der Waals surface area contributed by atoms with Crippen molar-refractivity contribution >= 4 is 34.0 Å². The summed E-state index contributed by atoms with van der Waals surface area (Å²) in [7, 11) is 1.80. The Labute approximate surface area is 133 Å². The van der Waals surface area contributed by atoms with Crippen LogP contribution in [0.15, 0.2) is 28.6 Å². The lowest BCUT2D eigenvalue weighted by Gasteiger charge is -2.18. The number of thioether (sulfide) groups is 1. The third-order valence-corrected chi connectivity index (χ3v) is 5.09. The van der Waals surface area contributed by atoms with Crippen molar-refractivity contribution in [2.75, 3.05) is 18.1 Å². The Kier molecular flexibility index (Phi) is 5.00. The highest BCUT2D eigenvalue weighted by atomic mass is 32.2. The smallest absolute Gasteiger partial charge is 0.206 e. The van der Waals surface area contributed by atoms with Crippen molar-refractivity contribution in [1.82, 2.24) is 10.2 Å². The number of hydrogen-bond acceptors (Lipinski definition) is 6. The third kappa shape index (κ3) is 4.28. The molecule has 0 bridgehead atoms. The van der Waals surface area contributed by atoms with Gasteiger partial charge in [-0.25, -0.2) is 0 Å². The van der Waals surface area contributed by atoms with Crippen LogP contribution in [-0.2, 0) is 5.41 Å². The number of nitrogens with zero attached hydrogens (tertiary/aromatic N) is 2. The topological polar surface area (TPSA) is 54.9 Å². The van der Waals surface area contributed by atoms with E-state index in [-0.39, 0.29) is 11.2 Å². The highest BCUT2D eigenvalue weighted by molar-refractivity contribution is 8.01. The largest absolute Gasteiger partial charge is 0.363 e. The van der Waals surface area contributed by atoms with Gasteiger partial charge in [-0.05, 0) is 11.0 Å². The summed E-state index contributed by atoms with van der Waals surface area (Å²) < 4.78 is 0.805. The van der Waals surface area contributed by atoms with Gasteiger partial charge in [-0.2, -0.15) is 0 Å². The van der Waals surface area contributed by atoms with Gasteiger partial charge in [0.15, 0.2) is 10.1 Å². The fourth-order valence-corrected chi connectivity index (χ4v) is 3.34. The fourth-order valence-electron chi connectivity index (χ4n) is 1.74. The molecular weight excluding hydrogens is 302 g/mol. The van der Waals surface area contributed by atoms with Crippen LogP contribution in [0.25, 0.3) is 0 Å². The number of carbonyl (C=O) groups is 1. The van der Waals surface area contributed by atoms with E-state index in [1.807, 2.05) is 24.3 Å². The van der Waals surface area contributed by atoms with Crippen molar-refractivity contribution in [2.24, 2.45) is 0 Å². The van der Waals surface area contributed by atoms with E-state index in [0.29, 0.717) is 5.75 Å². The Hall–Kier alpha value is -1.40. The molecule has 0 atom stereocenters. The summed E-state index contributed by atoms with van der Waals surface area (Å²) in [6, 6.07) is 7.87. The van der Waals surface area contributed by atoms with Gasteiger partial charge in [0.1, 0.15) is 0 Å². The molecule has 6 heteroatoms. The summed E-state index contributed by atoms with van der Waals surface area (Å²) in [4.78, 5) is 12.2. The number of ketones is 1. The quantitative estimate of drug-likeness (QED) is 0.669. The number of nitrogens with one attached hydrogen (secondary N) is 1. The zero-order valence-corrected chi connectivity index (χ0v) is 14.3. The fraction of sp³-hybridized carbons (Fsp3) is 0.400. The van der Waals surface area contributed by atoms with Gasteiger partial charge in [-0.3, -0.25) is 4.79 Å². The second kappa shape index (κ2) is 6.58. The number of anilines is 1. The number of Topliss-reactive ketones (excluding diaryl/α,β-unsaturated/α-hetero) is 1. The summed E-state index contributed by atoms with van der Waals surface area (Å²) in [5, 5.41) is 11.7. The van der Waals surface area contributed by atoms with Crippen molar-refractivity contribution in [2.45, 2.75) is 30.5 Å². The van der Waals surface area contributed by atoms with E-state index in [0.717, 1.165) is 15.0 Å². The minimum atomic E-state index is 0.104. The molecule has 0 aliphatic carbocycles. The second-order valence-corrected chi connectivity index (χ2v) is 7.86.